The molecule has 8 heteroatoms. The first-order valence-corrected chi connectivity index (χ1v) is 15.3. The van der Waals surface area contributed by atoms with Gasteiger partial charge in [0.1, 0.15) is 18.3 Å². The third-order valence-corrected chi connectivity index (χ3v) is 7.63. The maximum absolute atomic E-state index is 9.23. The van der Waals surface area contributed by atoms with E-state index in [1.807, 2.05) is 12.9 Å². The number of hydrogen-bond acceptors (Lipinski definition) is 7. The lowest BCUT2D eigenvalue weighted by molar-refractivity contribution is -0.122. The first kappa shape index (κ1) is 41.3. The molecular weight excluding hydrogens is 572 g/mol. The van der Waals surface area contributed by atoms with Crippen LogP contribution >= 0.6 is 0 Å². The number of allylic oxidation sites excluding steroid dienone is 2. The lowest BCUT2D eigenvalue weighted by Gasteiger charge is -2.29. The van der Waals surface area contributed by atoms with Gasteiger partial charge in [-0.1, -0.05) is 43.5 Å². The van der Waals surface area contributed by atoms with E-state index in [0.717, 1.165) is 41.2 Å². The van der Waals surface area contributed by atoms with Gasteiger partial charge < -0.3 is 34.7 Å². The molecule has 1 fully saturated rings. The highest BCUT2D eigenvalue weighted by molar-refractivity contribution is 5.71. The van der Waals surface area contributed by atoms with Gasteiger partial charge in [0.05, 0.1) is 26.4 Å². The Balaban J connectivity index is 0.00000256. The smallest absolute Gasteiger partial charge is 0.290 e. The molecule has 8 nitrogen and oxygen atoms in total. The summed E-state index contributed by atoms with van der Waals surface area (Å²) in [5.74, 6) is 2.97. The van der Waals surface area contributed by atoms with Crippen molar-refractivity contribution in [2.75, 3.05) is 33.5 Å². The van der Waals surface area contributed by atoms with E-state index in [-0.39, 0.29) is 19.7 Å². The second kappa shape index (κ2) is 25.6. The third kappa shape index (κ3) is 16.2. The van der Waals surface area contributed by atoms with Crippen molar-refractivity contribution in [1.29, 1.82) is 0 Å². The highest BCUT2D eigenvalue weighted by atomic mass is 16.5. The highest BCUT2D eigenvalue weighted by Crippen LogP contribution is 2.39. The number of carbonyl (C=O) groups excluding carboxylic acids is 1. The van der Waals surface area contributed by atoms with Crippen LogP contribution in [-0.2, 0) is 9.59 Å². The van der Waals surface area contributed by atoms with Gasteiger partial charge >= 0.3 is 0 Å². The largest absolute Gasteiger partial charge is 0.493 e. The van der Waals surface area contributed by atoms with Gasteiger partial charge in [0.2, 0.25) is 0 Å². The minimum atomic E-state index is -0.250. The van der Waals surface area contributed by atoms with E-state index >= 15 is 0 Å². The molecular formula is C37H54O8. The zero-order valence-electron chi connectivity index (χ0n) is 27.4. The summed E-state index contributed by atoms with van der Waals surface area (Å²) in [7, 11) is 1.00. The van der Waals surface area contributed by atoms with Gasteiger partial charge in [0, 0.05) is 26.0 Å². The molecule has 0 saturated heterocycles. The zero-order valence-corrected chi connectivity index (χ0v) is 27.4. The molecule has 3 rings (SSSR count). The second-order valence-corrected chi connectivity index (χ2v) is 10.8. The number of aliphatic hydroxyl groups excluding tert-OH is 3. The van der Waals surface area contributed by atoms with E-state index in [9.17, 15) is 10.2 Å². The number of hydrogen-bond donors (Lipinski definition) is 4. The van der Waals surface area contributed by atoms with E-state index in [1.165, 1.54) is 55.2 Å². The van der Waals surface area contributed by atoms with Crippen molar-refractivity contribution >= 4 is 13.3 Å². The van der Waals surface area contributed by atoms with Gasteiger partial charge in [-0.05, 0) is 110 Å². The highest BCUT2D eigenvalue weighted by Gasteiger charge is 2.22. The summed E-state index contributed by atoms with van der Waals surface area (Å²) in [5, 5.41) is 32.4. The first-order valence-electron chi connectivity index (χ1n) is 15.3. The van der Waals surface area contributed by atoms with E-state index in [0.29, 0.717) is 32.0 Å². The summed E-state index contributed by atoms with van der Waals surface area (Å²) in [6.07, 6.45) is 13.4. The predicted octanol–water partition coefficient (Wildman–Crippen LogP) is 7.05. The molecule has 0 bridgehead atoms. The minimum Gasteiger partial charge on any atom is -0.493 e. The quantitative estimate of drug-likeness (QED) is 0.122. The van der Waals surface area contributed by atoms with Crippen LogP contribution in [0, 0.1) is 12.8 Å². The summed E-state index contributed by atoms with van der Waals surface area (Å²) < 4.78 is 12.0. The van der Waals surface area contributed by atoms with Crippen molar-refractivity contribution in [2.24, 2.45) is 5.92 Å². The van der Waals surface area contributed by atoms with Crippen molar-refractivity contribution < 1.29 is 39.5 Å². The average Bonchev–Trinajstić information content (AvgIpc) is 3.07. The molecule has 1 aliphatic carbocycles. The second-order valence-electron chi connectivity index (χ2n) is 10.8. The van der Waals surface area contributed by atoms with Crippen LogP contribution < -0.4 is 9.47 Å². The first-order chi connectivity index (χ1) is 21.8. The standard InChI is InChI=1S/C34H46O4.CH2O2.CH4O.CH2O/c1-5-6-7-8-28-9-11-29(12-10-28)30-13-14-34(27(4)19-30)31-20-32(37-17-15-25(2)23-35)22-33(21-31)38-18-16-26(3)24-36;2-1-3;2*1-2/h5-6,13-14,19-22,28-29,35-36H,2-3,7-12,15-18,23-24H2,1,4H3;1H,(H,2,3);2H,1H3;1H2/b6-5+;;;. The fourth-order valence-corrected chi connectivity index (χ4v) is 5.23. The molecule has 1 saturated carbocycles. The number of benzene rings is 2. The molecule has 0 unspecified atom stereocenters. The Hall–Kier alpha value is -3.72. The van der Waals surface area contributed by atoms with Gasteiger partial charge in [-0.15, -0.1) is 0 Å². The molecule has 0 amide bonds. The van der Waals surface area contributed by atoms with Crippen molar-refractivity contribution in [2.45, 2.75) is 71.1 Å². The maximum atomic E-state index is 9.23. The van der Waals surface area contributed by atoms with Crippen LogP contribution in [0.25, 0.3) is 11.1 Å². The van der Waals surface area contributed by atoms with Crippen LogP contribution in [-0.4, -0.2) is 67.2 Å². The van der Waals surface area contributed by atoms with Crippen LogP contribution in [0.4, 0.5) is 0 Å². The topological polar surface area (TPSA) is 134 Å². The third-order valence-electron chi connectivity index (χ3n) is 7.63. The van der Waals surface area contributed by atoms with Gasteiger partial charge in [0.25, 0.3) is 6.47 Å². The van der Waals surface area contributed by atoms with Crippen molar-refractivity contribution in [1.82, 2.24) is 0 Å². The lowest BCUT2D eigenvalue weighted by atomic mass is 9.76. The Bertz CT molecular complexity index is 1110. The molecule has 0 spiro atoms. The fourth-order valence-electron chi connectivity index (χ4n) is 5.23. The normalized spacial score (nSPS) is 15.2. The summed E-state index contributed by atoms with van der Waals surface area (Å²) in [4.78, 5) is 16.4. The Kier molecular flexibility index (Phi) is 23.5. The molecule has 0 aliphatic heterocycles. The van der Waals surface area contributed by atoms with Crippen molar-refractivity contribution in [3.63, 3.8) is 0 Å². The van der Waals surface area contributed by atoms with Gasteiger partial charge in [-0.3, -0.25) is 4.79 Å². The van der Waals surface area contributed by atoms with E-state index in [4.69, 9.17) is 29.3 Å². The van der Waals surface area contributed by atoms with E-state index < -0.39 is 0 Å². The molecule has 0 radical (unpaired) electrons. The van der Waals surface area contributed by atoms with Crippen LogP contribution in [0.3, 0.4) is 0 Å². The Morgan fingerprint density at radius 2 is 1.40 bits per heavy atom. The monoisotopic (exact) mass is 626 g/mol. The van der Waals surface area contributed by atoms with Gasteiger partial charge in [-0.25, -0.2) is 0 Å². The van der Waals surface area contributed by atoms with Crippen LogP contribution in [0.2, 0.25) is 0 Å². The molecule has 4 N–H and O–H groups in total. The van der Waals surface area contributed by atoms with Crippen molar-refractivity contribution in [3.8, 4) is 22.6 Å². The predicted molar refractivity (Wildman–Crippen MR) is 182 cm³/mol. The Morgan fingerprint density at radius 3 is 1.84 bits per heavy atom. The Morgan fingerprint density at radius 1 is 0.889 bits per heavy atom. The zero-order chi connectivity index (χ0) is 34.0. The number of ether oxygens (including phenoxy) is 2. The van der Waals surface area contributed by atoms with Crippen LogP contribution in [0.1, 0.15) is 75.3 Å². The van der Waals surface area contributed by atoms with Gasteiger partial charge in [-0.2, -0.15) is 0 Å². The molecule has 1 aliphatic rings. The number of carbonyl (C=O) groups is 2. The number of rotatable bonds is 15. The summed E-state index contributed by atoms with van der Waals surface area (Å²) in [5.41, 5.74) is 6.42. The minimum absolute atomic E-state index is 0.0318. The molecule has 0 aromatic heterocycles. The number of aliphatic hydroxyl groups is 3. The summed E-state index contributed by atoms with van der Waals surface area (Å²) in [6.45, 7) is 14.6. The fraction of sp³-hybridized carbons (Fsp3) is 0.459. The summed E-state index contributed by atoms with van der Waals surface area (Å²) >= 11 is 0. The molecule has 2 aromatic carbocycles. The SMILES string of the molecule is C=C(CO)CCOc1cc(OCCC(=C)CO)cc(-c2ccc(C3CCC(CC/C=C/C)CC3)cc2C)c1.C=O.CO.O=CO. The van der Waals surface area contributed by atoms with E-state index in [2.05, 4.69) is 69.5 Å². The number of carboxylic acid groups (broad SMARTS) is 1. The van der Waals surface area contributed by atoms with Crippen molar-refractivity contribution in [3.05, 3.63) is 84.0 Å². The van der Waals surface area contributed by atoms with Crippen LogP contribution in [0.15, 0.2) is 72.9 Å². The molecule has 45 heavy (non-hydrogen) atoms. The van der Waals surface area contributed by atoms with Crippen LogP contribution in [0.5, 0.6) is 11.5 Å². The van der Waals surface area contributed by atoms with Gasteiger partial charge in [0.15, 0.2) is 0 Å². The lowest BCUT2D eigenvalue weighted by Crippen LogP contribution is -2.13. The molecule has 0 heterocycles. The van der Waals surface area contributed by atoms with E-state index in [1.54, 1.807) is 0 Å². The summed E-state index contributed by atoms with van der Waals surface area (Å²) in [6, 6.07) is 12.9. The Labute approximate surface area is 269 Å². The number of aryl methyl sites for hydroxylation is 1. The average molecular weight is 627 g/mol. The molecule has 2 aromatic rings. The molecule has 250 valence electrons. The maximum Gasteiger partial charge on any atom is 0.290 e. The molecule has 0 atom stereocenters.